The van der Waals surface area contributed by atoms with E-state index in [9.17, 15) is 4.79 Å². The normalized spacial score (nSPS) is 23.4. The Morgan fingerprint density at radius 3 is 3.06 bits per heavy atom. The van der Waals surface area contributed by atoms with Gasteiger partial charge in [0, 0.05) is 18.7 Å². The van der Waals surface area contributed by atoms with Crippen LogP contribution < -0.4 is 10.9 Å². The molecule has 1 aromatic rings. The van der Waals surface area contributed by atoms with Gasteiger partial charge in [-0.25, -0.2) is 4.68 Å². The minimum Gasteiger partial charge on any atom is -0.314 e. The number of nitrogens with one attached hydrogen (secondary N) is 1. The number of aromatic nitrogens is 2. The molecule has 1 saturated carbocycles. The summed E-state index contributed by atoms with van der Waals surface area (Å²) < 4.78 is 1.59. The second kappa shape index (κ2) is 6.14. The van der Waals surface area contributed by atoms with Crippen molar-refractivity contribution < 1.29 is 0 Å². The summed E-state index contributed by atoms with van der Waals surface area (Å²) in [7, 11) is 0. The zero-order valence-corrected chi connectivity index (χ0v) is 11.4. The van der Waals surface area contributed by atoms with Crippen LogP contribution in [0.25, 0.3) is 0 Å². The Morgan fingerprint density at radius 2 is 2.33 bits per heavy atom. The van der Waals surface area contributed by atoms with Gasteiger partial charge in [0.05, 0.1) is 6.20 Å². The average molecular weight is 249 g/mol. The smallest absolute Gasteiger partial charge is 0.266 e. The van der Waals surface area contributed by atoms with Crippen LogP contribution >= 0.6 is 0 Å². The third kappa shape index (κ3) is 3.19. The van der Waals surface area contributed by atoms with Crippen LogP contribution in [0.1, 0.15) is 38.2 Å². The summed E-state index contributed by atoms with van der Waals surface area (Å²) >= 11 is 0. The number of nitrogens with zero attached hydrogens (tertiary/aromatic N) is 2. The largest absolute Gasteiger partial charge is 0.314 e. The zero-order chi connectivity index (χ0) is 13.0. The molecule has 0 amide bonds. The Hall–Kier alpha value is -1.16. The maximum atomic E-state index is 11.7. The van der Waals surface area contributed by atoms with Crippen molar-refractivity contribution in [1.82, 2.24) is 15.1 Å². The molecule has 1 aromatic heterocycles. The second-order valence-corrected chi connectivity index (χ2v) is 5.24. The Morgan fingerprint density at radius 1 is 1.50 bits per heavy atom. The lowest BCUT2D eigenvalue weighted by atomic mass is 9.99. The summed E-state index contributed by atoms with van der Waals surface area (Å²) in [6.07, 6.45) is 6.66. The monoisotopic (exact) mass is 249 g/mol. The lowest BCUT2D eigenvalue weighted by Gasteiger charge is -2.20. The van der Waals surface area contributed by atoms with Crippen molar-refractivity contribution >= 4 is 0 Å². The van der Waals surface area contributed by atoms with E-state index in [-0.39, 0.29) is 5.56 Å². The standard InChI is InChI=1S/C14H23N3O/c1-3-15-13-6-4-5-12(13)7-8-17-14(18)9-11(2)10-16-17/h9-10,12-13,15H,3-8H2,1-2H3. The molecule has 1 aliphatic rings. The third-order valence-electron chi connectivity index (χ3n) is 3.84. The molecule has 0 bridgehead atoms. The van der Waals surface area contributed by atoms with E-state index < -0.39 is 0 Å². The molecule has 18 heavy (non-hydrogen) atoms. The van der Waals surface area contributed by atoms with Crippen LogP contribution in [0.5, 0.6) is 0 Å². The number of rotatable bonds is 5. The number of hydrogen-bond donors (Lipinski definition) is 1. The summed E-state index contributed by atoms with van der Waals surface area (Å²) in [5, 5.41) is 7.74. The lowest BCUT2D eigenvalue weighted by Crippen LogP contribution is -2.33. The third-order valence-corrected chi connectivity index (χ3v) is 3.84. The van der Waals surface area contributed by atoms with Gasteiger partial charge in [-0.3, -0.25) is 4.79 Å². The van der Waals surface area contributed by atoms with Crippen LogP contribution in [-0.4, -0.2) is 22.4 Å². The molecule has 4 nitrogen and oxygen atoms in total. The second-order valence-electron chi connectivity index (χ2n) is 5.24. The van der Waals surface area contributed by atoms with Crippen LogP contribution in [0, 0.1) is 12.8 Å². The molecule has 1 N–H and O–H groups in total. The first-order valence-electron chi connectivity index (χ1n) is 6.98. The fourth-order valence-corrected chi connectivity index (χ4v) is 2.89. The molecule has 4 heteroatoms. The summed E-state index contributed by atoms with van der Waals surface area (Å²) in [4.78, 5) is 11.7. The summed E-state index contributed by atoms with van der Waals surface area (Å²) in [6.45, 7) is 5.83. The molecule has 2 atom stereocenters. The van der Waals surface area contributed by atoms with E-state index >= 15 is 0 Å². The Labute approximate surface area is 108 Å². The van der Waals surface area contributed by atoms with Crippen molar-refractivity contribution in [1.29, 1.82) is 0 Å². The van der Waals surface area contributed by atoms with Gasteiger partial charge in [-0.1, -0.05) is 13.3 Å². The van der Waals surface area contributed by atoms with Crippen LogP contribution in [0.4, 0.5) is 0 Å². The fraction of sp³-hybridized carbons (Fsp3) is 0.714. The maximum Gasteiger partial charge on any atom is 0.266 e. The molecule has 0 aromatic carbocycles. The van der Waals surface area contributed by atoms with E-state index in [4.69, 9.17) is 0 Å². The van der Waals surface area contributed by atoms with E-state index in [1.54, 1.807) is 16.9 Å². The van der Waals surface area contributed by atoms with Gasteiger partial charge in [-0.15, -0.1) is 0 Å². The summed E-state index contributed by atoms with van der Waals surface area (Å²) in [6, 6.07) is 2.29. The van der Waals surface area contributed by atoms with Gasteiger partial charge in [0.1, 0.15) is 0 Å². The summed E-state index contributed by atoms with van der Waals surface area (Å²) in [5.41, 5.74) is 0.954. The van der Waals surface area contributed by atoms with Gasteiger partial charge in [0.2, 0.25) is 0 Å². The Kier molecular flexibility index (Phi) is 4.53. The predicted molar refractivity (Wildman–Crippen MR) is 72.7 cm³/mol. The van der Waals surface area contributed by atoms with Crippen LogP contribution in [0.3, 0.4) is 0 Å². The quantitative estimate of drug-likeness (QED) is 0.864. The van der Waals surface area contributed by atoms with E-state index in [0.717, 1.165) is 25.1 Å². The molecule has 2 unspecified atom stereocenters. The topological polar surface area (TPSA) is 46.9 Å². The van der Waals surface area contributed by atoms with E-state index in [1.165, 1.54) is 19.3 Å². The van der Waals surface area contributed by atoms with Gasteiger partial charge < -0.3 is 5.32 Å². The van der Waals surface area contributed by atoms with Crippen molar-refractivity contribution in [2.45, 2.75) is 52.1 Å². The highest BCUT2D eigenvalue weighted by Gasteiger charge is 2.26. The highest BCUT2D eigenvalue weighted by molar-refractivity contribution is 5.02. The van der Waals surface area contributed by atoms with Gasteiger partial charge in [0.25, 0.3) is 5.56 Å². The number of aryl methyl sites for hydroxylation is 2. The SMILES string of the molecule is CCNC1CCCC1CCn1ncc(C)cc1=O. The zero-order valence-electron chi connectivity index (χ0n) is 11.4. The van der Waals surface area contributed by atoms with Crippen LogP contribution in [0.15, 0.2) is 17.1 Å². The van der Waals surface area contributed by atoms with Crippen molar-refractivity contribution in [2.75, 3.05) is 6.54 Å². The van der Waals surface area contributed by atoms with Crippen LogP contribution in [0.2, 0.25) is 0 Å². The van der Waals surface area contributed by atoms with Gasteiger partial charge in [-0.2, -0.15) is 5.10 Å². The van der Waals surface area contributed by atoms with Gasteiger partial charge in [0.15, 0.2) is 0 Å². The number of hydrogen-bond acceptors (Lipinski definition) is 3. The summed E-state index contributed by atoms with van der Waals surface area (Å²) in [5.74, 6) is 0.694. The Bertz CT molecular complexity index is 441. The Balaban J connectivity index is 1.92. The van der Waals surface area contributed by atoms with Crippen molar-refractivity contribution in [3.05, 3.63) is 28.2 Å². The van der Waals surface area contributed by atoms with E-state index in [1.807, 2.05) is 6.92 Å². The first kappa shape index (κ1) is 13.3. The minimum absolute atomic E-state index is 0.0213. The minimum atomic E-state index is 0.0213. The highest BCUT2D eigenvalue weighted by atomic mass is 16.1. The fourth-order valence-electron chi connectivity index (χ4n) is 2.89. The molecule has 0 saturated heterocycles. The highest BCUT2D eigenvalue weighted by Crippen LogP contribution is 2.28. The molecular formula is C14H23N3O. The molecular weight excluding hydrogens is 226 g/mol. The lowest BCUT2D eigenvalue weighted by molar-refractivity contribution is 0.354. The van der Waals surface area contributed by atoms with Crippen molar-refractivity contribution in [2.24, 2.45) is 5.92 Å². The first-order chi connectivity index (χ1) is 8.70. The predicted octanol–water partition coefficient (Wildman–Crippen LogP) is 1.72. The van der Waals surface area contributed by atoms with Crippen LogP contribution in [-0.2, 0) is 6.54 Å². The average Bonchev–Trinajstić information content (AvgIpc) is 2.76. The molecule has 1 aliphatic carbocycles. The molecule has 1 heterocycles. The molecule has 100 valence electrons. The maximum absolute atomic E-state index is 11.7. The van der Waals surface area contributed by atoms with Crippen molar-refractivity contribution in [3.8, 4) is 0 Å². The molecule has 0 radical (unpaired) electrons. The van der Waals surface area contributed by atoms with Gasteiger partial charge >= 0.3 is 0 Å². The molecule has 1 fully saturated rings. The molecule has 2 rings (SSSR count). The van der Waals surface area contributed by atoms with Gasteiger partial charge in [-0.05, 0) is 44.2 Å². The van der Waals surface area contributed by atoms with Crippen molar-refractivity contribution in [3.63, 3.8) is 0 Å². The van der Waals surface area contributed by atoms with E-state index in [0.29, 0.717) is 12.0 Å². The molecule has 0 spiro atoms. The molecule has 0 aliphatic heterocycles. The first-order valence-corrected chi connectivity index (χ1v) is 6.98. The van der Waals surface area contributed by atoms with E-state index in [2.05, 4.69) is 17.3 Å².